The normalized spacial score (nSPS) is 22.8. The lowest BCUT2D eigenvalue weighted by atomic mass is 9.94. The van der Waals surface area contributed by atoms with Crippen molar-refractivity contribution in [2.45, 2.75) is 63.8 Å². The van der Waals surface area contributed by atoms with Gasteiger partial charge in [0.1, 0.15) is 9.93 Å². The van der Waals surface area contributed by atoms with Crippen molar-refractivity contribution in [3.63, 3.8) is 0 Å². The molecule has 1 amide bonds. The number of amidine groups is 1. The maximum absolute atomic E-state index is 13.9. The van der Waals surface area contributed by atoms with Crippen LogP contribution in [-0.2, 0) is 4.79 Å². The van der Waals surface area contributed by atoms with Crippen molar-refractivity contribution in [1.82, 2.24) is 4.90 Å². The molecule has 2 fully saturated rings. The summed E-state index contributed by atoms with van der Waals surface area (Å²) in [7, 11) is 0. The number of hydrogen-bond donors (Lipinski definition) is 0. The predicted molar refractivity (Wildman–Crippen MR) is 137 cm³/mol. The number of carbonyl (C=O) groups is 1. The maximum Gasteiger partial charge on any atom is 0.269 e. The first-order chi connectivity index (χ1) is 15.6. The van der Waals surface area contributed by atoms with E-state index in [-0.39, 0.29) is 11.9 Å². The van der Waals surface area contributed by atoms with Crippen LogP contribution in [0.2, 0.25) is 0 Å². The van der Waals surface area contributed by atoms with Crippen molar-refractivity contribution >= 4 is 46.0 Å². The highest BCUT2D eigenvalue weighted by atomic mass is 32.2. The molecule has 4 nitrogen and oxygen atoms in total. The summed E-state index contributed by atoms with van der Waals surface area (Å²) < 4.78 is 0. The van der Waals surface area contributed by atoms with Gasteiger partial charge in [0, 0.05) is 17.5 Å². The number of benzene rings is 2. The van der Waals surface area contributed by atoms with Crippen molar-refractivity contribution < 1.29 is 4.79 Å². The summed E-state index contributed by atoms with van der Waals surface area (Å²) in [5.41, 5.74) is 4.60. The molecule has 166 valence electrons. The molecular formula is C26H29N3OS2. The number of para-hydroxylation sites is 1. The molecule has 32 heavy (non-hydrogen) atoms. The highest BCUT2D eigenvalue weighted by Crippen LogP contribution is 2.51. The molecular weight excluding hydrogens is 434 g/mol. The molecule has 2 aromatic carbocycles. The Hall–Kier alpha value is -2.18. The third-order valence-corrected chi connectivity index (χ3v) is 8.94. The van der Waals surface area contributed by atoms with Crippen LogP contribution in [-0.4, -0.2) is 28.6 Å². The van der Waals surface area contributed by atoms with Crippen LogP contribution in [0.4, 0.5) is 11.4 Å². The Bertz CT molecular complexity index is 1120. The number of rotatable bonds is 3. The Balaban J connectivity index is 1.57. The topological polar surface area (TPSA) is 35.9 Å². The summed E-state index contributed by atoms with van der Waals surface area (Å²) in [6, 6.07) is 15.0. The van der Waals surface area contributed by atoms with E-state index < -0.39 is 0 Å². The number of carbonyl (C=O) groups excluding carboxylic acids is 1. The van der Waals surface area contributed by atoms with Crippen LogP contribution in [0.15, 0.2) is 62.3 Å². The van der Waals surface area contributed by atoms with Crippen LogP contribution < -0.4 is 4.90 Å². The third kappa shape index (κ3) is 3.88. The predicted octanol–water partition coefficient (Wildman–Crippen LogP) is 7.00. The number of aliphatic imine (C=N–C) groups is 1. The molecule has 1 saturated heterocycles. The van der Waals surface area contributed by atoms with E-state index in [1.807, 2.05) is 4.90 Å². The second-order valence-electron chi connectivity index (χ2n) is 8.68. The van der Waals surface area contributed by atoms with Gasteiger partial charge in [-0.1, -0.05) is 49.2 Å². The Labute approximate surface area is 199 Å². The fourth-order valence-electron chi connectivity index (χ4n) is 4.68. The highest BCUT2D eigenvalue weighted by Gasteiger charge is 2.42. The fourth-order valence-corrected chi connectivity index (χ4v) is 7.13. The number of anilines is 1. The molecule has 0 spiro atoms. The zero-order chi connectivity index (χ0) is 22.2. The van der Waals surface area contributed by atoms with Crippen LogP contribution in [0.5, 0.6) is 0 Å². The second kappa shape index (κ2) is 8.99. The quantitative estimate of drug-likeness (QED) is 0.459. The number of amides is 1. The van der Waals surface area contributed by atoms with Gasteiger partial charge in [-0.05, 0) is 80.8 Å². The Morgan fingerprint density at radius 1 is 1.00 bits per heavy atom. The lowest BCUT2D eigenvalue weighted by Gasteiger charge is -2.30. The minimum absolute atomic E-state index is 0.123. The Morgan fingerprint density at radius 2 is 1.78 bits per heavy atom. The molecule has 0 bridgehead atoms. The summed E-state index contributed by atoms with van der Waals surface area (Å²) in [5.74, 6) is 0.123. The zero-order valence-electron chi connectivity index (χ0n) is 18.9. The van der Waals surface area contributed by atoms with Crippen LogP contribution in [0.3, 0.4) is 0 Å². The van der Waals surface area contributed by atoms with Crippen LogP contribution in [0.1, 0.15) is 50.2 Å². The van der Waals surface area contributed by atoms with Gasteiger partial charge in [-0.2, -0.15) is 0 Å². The molecule has 0 aromatic heterocycles. The molecule has 1 saturated carbocycles. The number of fused-ring (bicyclic) bond motifs is 1. The molecule has 3 aliphatic rings. The van der Waals surface area contributed by atoms with Crippen molar-refractivity contribution in [1.29, 1.82) is 0 Å². The summed E-state index contributed by atoms with van der Waals surface area (Å²) >= 11 is 3.27. The largest absolute Gasteiger partial charge is 0.334 e. The van der Waals surface area contributed by atoms with E-state index in [9.17, 15) is 4.79 Å². The minimum Gasteiger partial charge on any atom is -0.334 e. The summed E-state index contributed by atoms with van der Waals surface area (Å²) in [5, 5.41) is 1.88. The molecule has 2 heterocycles. The van der Waals surface area contributed by atoms with Gasteiger partial charge in [-0.25, -0.2) is 4.99 Å². The van der Waals surface area contributed by atoms with E-state index in [0.29, 0.717) is 0 Å². The molecule has 2 aromatic rings. The van der Waals surface area contributed by atoms with Gasteiger partial charge in [-0.15, -0.1) is 0 Å². The first kappa shape index (κ1) is 21.7. The molecule has 6 heteroatoms. The van der Waals surface area contributed by atoms with E-state index in [1.165, 1.54) is 41.0 Å². The van der Waals surface area contributed by atoms with Gasteiger partial charge >= 0.3 is 0 Å². The SMILES string of the molecule is CCN1/C(=C2/SC(=Nc3ccc(C)c(C)c3)N(C3CCCCC3)C2=O)Sc2ccccc21. The summed E-state index contributed by atoms with van der Waals surface area (Å²) in [6.07, 6.45) is 5.75. The van der Waals surface area contributed by atoms with Gasteiger partial charge in [0.25, 0.3) is 5.91 Å². The summed E-state index contributed by atoms with van der Waals surface area (Å²) in [4.78, 5) is 25.2. The van der Waals surface area contributed by atoms with E-state index in [4.69, 9.17) is 4.99 Å². The maximum atomic E-state index is 13.9. The smallest absolute Gasteiger partial charge is 0.269 e. The first-order valence-corrected chi connectivity index (χ1v) is 13.2. The van der Waals surface area contributed by atoms with Crippen LogP contribution >= 0.6 is 23.5 Å². The lowest BCUT2D eigenvalue weighted by molar-refractivity contribution is -0.124. The van der Waals surface area contributed by atoms with E-state index in [2.05, 4.69) is 68.1 Å². The van der Waals surface area contributed by atoms with Crippen LogP contribution in [0.25, 0.3) is 0 Å². The average Bonchev–Trinajstić information content (AvgIpc) is 3.33. The molecule has 1 aliphatic carbocycles. The van der Waals surface area contributed by atoms with E-state index in [0.717, 1.165) is 40.2 Å². The zero-order valence-corrected chi connectivity index (χ0v) is 20.6. The van der Waals surface area contributed by atoms with Gasteiger partial charge in [0.05, 0.1) is 11.4 Å². The van der Waals surface area contributed by atoms with Crippen molar-refractivity contribution in [2.75, 3.05) is 11.4 Å². The van der Waals surface area contributed by atoms with Crippen LogP contribution in [0, 0.1) is 13.8 Å². The van der Waals surface area contributed by atoms with Gasteiger partial charge < -0.3 is 4.90 Å². The highest BCUT2D eigenvalue weighted by molar-refractivity contribution is 8.19. The molecule has 2 aliphatic heterocycles. The van der Waals surface area contributed by atoms with E-state index >= 15 is 0 Å². The average molecular weight is 464 g/mol. The summed E-state index contributed by atoms with van der Waals surface area (Å²) in [6.45, 7) is 7.22. The third-order valence-electron chi connectivity index (χ3n) is 6.59. The van der Waals surface area contributed by atoms with Crippen molar-refractivity contribution in [2.24, 2.45) is 4.99 Å². The van der Waals surface area contributed by atoms with E-state index in [1.54, 1.807) is 23.5 Å². The molecule has 0 unspecified atom stereocenters. The molecule has 0 atom stereocenters. The number of aryl methyl sites for hydroxylation is 2. The minimum atomic E-state index is 0.123. The standard InChI is InChI=1S/C26H29N3OS2/c1-4-28-21-12-8-9-13-22(21)31-25(28)23-24(30)29(20-10-6-5-7-11-20)26(32-23)27-19-15-14-17(2)18(3)16-19/h8-9,12-16,20H,4-7,10-11H2,1-3H3/b25-23-,27-26?. The Kier molecular flexibility index (Phi) is 6.08. The lowest BCUT2D eigenvalue weighted by Crippen LogP contribution is -2.40. The number of thioether (sulfide) groups is 2. The molecule has 0 radical (unpaired) electrons. The molecule has 0 N–H and O–H groups in total. The second-order valence-corrected chi connectivity index (χ2v) is 10.7. The van der Waals surface area contributed by atoms with Crippen molar-refractivity contribution in [3.8, 4) is 0 Å². The van der Waals surface area contributed by atoms with Gasteiger partial charge in [-0.3, -0.25) is 9.69 Å². The Morgan fingerprint density at radius 3 is 2.53 bits per heavy atom. The number of nitrogens with zero attached hydrogens (tertiary/aromatic N) is 3. The van der Waals surface area contributed by atoms with Gasteiger partial charge in [0.15, 0.2) is 5.17 Å². The fraction of sp³-hybridized carbons (Fsp3) is 0.385. The van der Waals surface area contributed by atoms with Crippen molar-refractivity contribution in [3.05, 3.63) is 63.5 Å². The molecule has 5 rings (SSSR count). The monoisotopic (exact) mass is 463 g/mol. The van der Waals surface area contributed by atoms with Gasteiger partial charge in [0.2, 0.25) is 0 Å². The number of hydrogen-bond acceptors (Lipinski definition) is 5. The first-order valence-electron chi connectivity index (χ1n) is 11.5.